The first-order chi connectivity index (χ1) is 25.7. The van der Waals surface area contributed by atoms with Gasteiger partial charge in [-0.1, -0.05) is 150 Å². The number of aromatic nitrogens is 2. The van der Waals surface area contributed by atoms with Crippen LogP contribution in [0.1, 0.15) is 58.2 Å². The molecule has 0 saturated heterocycles. The molecule has 1 aliphatic heterocycles. The van der Waals surface area contributed by atoms with Gasteiger partial charge in [0.1, 0.15) is 25.1 Å². The Hall–Kier alpha value is -5.03. The standard InChI is InChI=1S/C48H42N2O3Si.Pt/c1-47(2,3)32-18-20-49-40(26-32)31-23-33(48(4,5)6)25-34(24-31)51-35-27-38(44-37-12-9-10-15-41(37)52-42(44)28-35)46-50-39-14-11-13-36(45(39)53-46)29-16-17-43-30(22-29)19-21-54(43,7)8;/h9-23,25-26,28H,1-8H3;/q-2;+2. The number of pyridine rings is 1. The molecule has 55 heavy (non-hydrogen) atoms. The van der Waals surface area contributed by atoms with Crippen molar-refractivity contribution in [3.05, 3.63) is 132 Å². The first kappa shape index (κ1) is 36.9. The second-order valence-corrected chi connectivity index (χ2v) is 21.4. The molecule has 0 N–H and O–H groups in total. The maximum atomic E-state index is 6.75. The van der Waals surface area contributed by atoms with Gasteiger partial charge in [0, 0.05) is 23.3 Å². The van der Waals surface area contributed by atoms with Gasteiger partial charge in [-0.25, -0.2) is 0 Å². The Morgan fingerprint density at radius 2 is 1.51 bits per heavy atom. The summed E-state index contributed by atoms with van der Waals surface area (Å²) >= 11 is 0. The number of para-hydroxylation sites is 2. The van der Waals surface area contributed by atoms with E-state index in [2.05, 4.69) is 133 Å². The molecule has 9 rings (SSSR count). The number of hydrogen-bond donors (Lipinski definition) is 0. The number of hydrogen-bond acceptors (Lipinski definition) is 5. The summed E-state index contributed by atoms with van der Waals surface area (Å²) in [6, 6.07) is 38.4. The zero-order valence-electron chi connectivity index (χ0n) is 32.3. The van der Waals surface area contributed by atoms with Crippen LogP contribution in [0.25, 0.3) is 73.0 Å². The largest absolute Gasteiger partial charge is 2.00 e. The van der Waals surface area contributed by atoms with Crippen LogP contribution < -0.4 is 9.92 Å². The number of oxazole rings is 1. The fourth-order valence-electron chi connectivity index (χ4n) is 7.44. The summed E-state index contributed by atoms with van der Waals surface area (Å²) in [6.45, 7) is 18.0. The summed E-state index contributed by atoms with van der Waals surface area (Å²) in [7, 11) is -1.54. The molecule has 4 heterocycles. The maximum absolute atomic E-state index is 6.75. The Bertz CT molecular complexity index is 2810. The second kappa shape index (κ2) is 13.3. The average Bonchev–Trinajstić information content (AvgIpc) is 3.83. The van der Waals surface area contributed by atoms with Crippen molar-refractivity contribution in [2.75, 3.05) is 0 Å². The predicted octanol–water partition coefficient (Wildman–Crippen LogP) is 12.6. The van der Waals surface area contributed by atoms with Crippen LogP contribution in [-0.2, 0) is 31.9 Å². The van der Waals surface area contributed by atoms with E-state index in [0.29, 0.717) is 28.5 Å². The molecular weight excluding hydrogens is 876 g/mol. The minimum atomic E-state index is -1.54. The summed E-state index contributed by atoms with van der Waals surface area (Å²) < 4.78 is 19.9. The molecule has 8 aromatic rings. The van der Waals surface area contributed by atoms with E-state index in [1.807, 2.05) is 42.6 Å². The zero-order chi connectivity index (χ0) is 37.6. The Morgan fingerprint density at radius 3 is 2.31 bits per heavy atom. The van der Waals surface area contributed by atoms with Crippen molar-refractivity contribution in [2.24, 2.45) is 0 Å². The number of benzene rings is 5. The molecule has 0 saturated carbocycles. The Labute approximate surface area is 337 Å². The van der Waals surface area contributed by atoms with Crippen LogP contribution in [0.5, 0.6) is 11.5 Å². The third-order valence-electron chi connectivity index (χ3n) is 10.6. The molecule has 3 aromatic heterocycles. The summed E-state index contributed by atoms with van der Waals surface area (Å²) in [4.78, 5) is 9.81. The number of fused-ring (bicyclic) bond motifs is 5. The van der Waals surface area contributed by atoms with Crippen LogP contribution in [0.2, 0.25) is 13.1 Å². The fraction of sp³-hybridized carbons (Fsp3) is 0.208. The first-order valence-corrected chi connectivity index (χ1v) is 21.6. The van der Waals surface area contributed by atoms with Crippen molar-refractivity contribution in [2.45, 2.75) is 65.5 Å². The molecule has 0 bridgehead atoms. The van der Waals surface area contributed by atoms with Gasteiger partial charge in [-0.05, 0) is 68.1 Å². The second-order valence-electron chi connectivity index (χ2n) is 17.1. The van der Waals surface area contributed by atoms with Crippen molar-refractivity contribution in [3.8, 4) is 45.3 Å². The van der Waals surface area contributed by atoms with Gasteiger partial charge in [0.2, 0.25) is 0 Å². The molecule has 0 fully saturated rings. The average molecular weight is 918 g/mol. The van der Waals surface area contributed by atoms with Crippen LogP contribution in [0.15, 0.2) is 112 Å². The van der Waals surface area contributed by atoms with E-state index in [-0.39, 0.29) is 31.9 Å². The van der Waals surface area contributed by atoms with Gasteiger partial charge in [0.25, 0.3) is 0 Å². The molecule has 5 nitrogen and oxygen atoms in total. The van der Waals surface area contributed by atoms with Crippen molar-refractivity contribution in [1.82, 2.24) is 9.97 Å². The Morgan fingerprint density at radius 1 is 0.727 bits per heavy atom. The van der Waals surface area contributed by atoms with Crippen LogP contribution >= 0.6 is 0 Å². The molecule has 0 radical (unpaired) electrons. The van der Waals surface area contributed by atoms with Crippen LogP contribution in [0.4, 0.5) is 0 Å². The van der Waals surface area contributed by atoms with Gasteiger partial charge in [-0.3, -0.25) is 4.98 Å². The van der Waals surface area contributed by atoms with Crippen molar-refractivity contribution in [3.63, 3.8) is 0 Å². The molecule has 7 heteroatoms. The third-order valence-corrected chi connectivity index (χ3v) is 13.4. The van der Waals surface area contributed by atoms with Crippen LogP contribution in [0.3, 0.4) is 0 Å². The predicted molar refractivity (Wildman–Crippen MR) is 223 cm³/mol. The normalized spacial score (nSPS) is 13.7. The van der Waals surface area contributed by atoms with Crippen LogP contribution in [0, 0.1) is 12.1 Å². The van der Waals surface area contributed by atoms with Crippen molar-refractivity contribution >= 4 is 52.4 Å². The van der Waals surface area contributed by atoms with Gasteiger partial charge in [-0.15, -0.1) is 17.2 Å². The van der Waals surface area contributed by atoms with E-state index in [9.17, 15) is 0 Å². The van der Waals surface area contributed by atoms with Gasteiger partial charge >= 0.3 is 21.1 Å². The topological polar surface area (TPSA) is 61.3 Å². The molecule has 1 aliphatic rings. The molecule has 0 amide bonds. The van der Waals surface area contributed by atoms with E-state index in [4.69, 9.17) is 23.5 Å². The van der Waals surface area contributed by atoms with E-state index in [1.54, 1.807) is 0 Å². The Kier molecular flexibility index (Phi) is 8.94. The monoisotopic (exact) mass is 917 g/mol. The number of ether oxygens (including phenoxy) is 1. The SMILES string of the molecule is CC(C)(C)c1cc(Oc2[c-]c(-c3nc4cccc(-c5ccc6c(c5)C=C[Si]6(C)C)c4o3)c3c(c2)oc2ccccc23)[c-]c(-c2cc(C(C)(C)C)ccn2)c1.[Pt+2]. The van der Waals surface area contributed by atoms with E-state index < -0.39 is 8.07 Å². The Balaban J connectivity index is 0.00000427. The zero-order valence-corrected chi connectivity index (χ0v) is 35.6. The minimum Gasteiger partial charge on any atom is -0.496 e. The van der Waals surface area contributed by atoms with Crippen molar-refractivity contribution in [1.29, 1.82) is 0 Å². The van der Waals surface area contributed by atoms with Gasteiger partial charge in [0.15, 0.2) is 0 Å². The quantitative estimate of drug-likeness (QED) is 0.127. The summed E-state index contributed by atoms with van der Waals surface area (Å²) in [5, 5.41) is 3.29. The van der Waals surface area contributed by atoms with Crippen LogP contribution in [-0.4, -0.2) is 18.0 Å². The molecule has 0 spiro atoms. The summed E-state index contributed by atoms with van der Waals surface area (Å²) in [5.74, 6) is 1.49. The van der Waals surface area contributed by atoms with E-state index in [1.165, 1.54) is 16.3 Å². The molecule has 0 aliphatic carbocycles. The molecule has 0 unspecified atom stereocenters. The fourth-order valence-corrected chi connectivity index (χ4v) is 9.63. The smallest absolute Gasteiger partial charge is 0.496 e. The number of furan rings is 1. The van der Waals surface area contributed by atoms with Gasteiger partial charge < -0.3 is 18.6 Å². The first-order valence-electron chi connectivity index (χ1n) is 18.6. The minimum absolute atomic E-state index is 0. The van der Waals surface area contributed by atoms with Gasteiger partial charge in [-0.2, -0.15) is 0 Å². The molecular formula is C48H42N2O3PtSi. The maximum Gasteiger partial charge on any atom is 2.00 e. The van der Waals surface area contributed by atoms with E-state index in [0.717, 1.165) is 55.4 Å². The number of nitrogens with zero attached hydrogens (tertiary/aromatic N) is 2. The van der Waals surface area contributed by atoms with Gasteiger partial charge in [0.05, 0.1) is 11.1 Å². The molecule has 0 atom stereocenters. The summed E-state index contributed by atoms with van der Waals surface area (Å²) in [5.41, 5.74) is 13.3. The number of rotatable bonds is 5. The third kappa shape index (κ3) is 6.70. The molecule has 5 aromatic carbocycles. The van der Waals surface area contributed by atoms with E-state index >= 15 is 0 Å². The van der Waals surface area contributed by atoms with Crippen molar-refractivity contribution < 1.29 is 34.6 Å². The molecule has 276 valence electrons. The summed E-state index contributed by atoms with van der Waals surface area (Å²) in [6.07, 6.45) is 4.15.